The molecule has 5 nitrogen and oxygen atoms in total. The minimum absolute atomic E-state index is 0.0278. The van der Waals surface area contributed by atoms with Crippen LogP contribution in [0.15, 0.2) is 74.6 Å². The quantitative estimate of drug-likeness (QED) is 0.630. The highest BCUT2D eigenvalue weighted by Crippen LogP contribution is 2.49. The lowest BCUT2D eigenvalue weighted by atomic mass is 9.77. The molecule has 0 amide bonds. The zero-order valence-corrected chi connectivity index (χ0v) is 16.8. The van der Waals surface area contributed by atoms with Crippen molar-refractivity contribution in [1.29, 1.82) is 0 Å². The summed E-state index contributed by atoms with van der Waals surface area (Å²) in [6.45, 7) is 0. The molecule has 2 aliphatic carbocycles. The number of benzene rings is 1. The topological polar surface area (TPSA) is 83.8 Å². The highest BCUT2D eigenvalue weighted by atomic mass is 79.9. The Morgan fingerprint density at radius 3 is 2.59 bits per heavy atom. The molecule has 0 unspecified atom stereocenters. The van der Waals surface area contributed by atoms with Gasteiger partial charge in [0.15, 0.2) is 5.78 Å². The van der Waals surface area contributed by atoms with Gasteiger partial charge in [-0.05, 0) is 67.3 Å². The molecule has 1 heterocycles. The van der Waals surface area contributed by atoms with Gasteiger partial charge in [0.2, 0.25) is 0 Å². The largest absolute Gasteiger partial charge is 0.507 e. The van der Waals surface area contributed by atoms with Crippen molar-refractivity contribution in [3.63, 3.8) is 0 Å². The predicted molar refractivity (Wildman–Crippen MR) is 107 cm³/mol. The van der Waals surface area contributed by atoms with E-state index >= 15 is 0 Å². The van der Waals surface area contributed by atoms with E-state index in [9.17, 15) is 19.8 Å². The molecule has 3 aliphatic rings. The number of carboxylic acids is 1. The number of rotatable bonds is 2. The van der Waals surface area contributed by atoms with E-state index in [0.29, 0.717) is 21.4 Å². The van der Waals surface area contributed by atoms with E-state index in [4.69, 9.17) is 4.74 Å². The smallest absolute Gasteiger partial charge is 0.336 e. The summed E-state index contributed by atoms with van der Waals surface area (Å²) >= 11 is 6.65. The van der Waals surface area contributed by atoms with Crippen molar-refractivity contribution >= 4 is 49.2 Å². The van der Waals surface area contributed by atoms with Crippen LogP contribution in [0.25, 0.3) is 5.57 Å². The van der Waals surface area contributed by atoms with Crippen LogP contribution >= 0.6 is 31.9 Å². The second-order valence-corrected chi connectivity index (χ2v) is 7.82. The van der Waals surface area contributed by atoms with E-state index in [0.717, 1.165) is 5.57 Å². The molecule has 0 saturated carbocycles. The molecule has 0 radical (unpaired) electrons. The fourth-order valence-corrected chi connectivity index (χ4v) is 4.40. The minimum Gasteiger partial charge on any atom is -0.507 e. The third-order valence-corrected chi connectivity index (χ3v) is 6.27. The molecule has 0 aromatic heterocycles. The lowest BCUT2D eigenvalue weighted by Crippen LogP contribution is -2.33. The number of carbonyl (C=O) groups is 2. The van der Waals surface area contributed by atoms with Crippen LogP contribution in [0.4, 0.5) is 0 Å². The molecular weight excluding hydrogens is 480 g/mol. The van der Waals surface area contributed by atoms with Gasteiger partial charge in [-0.3, -0.25) is 4.79 Å². The minimum atomic E-state index is -1.04. The maximum atomic E-state index is 12.1. The fourth-order valence-electron chi connectivity index (χ4n) is 3.45. The first-order valence-electron chi connectivity index (χ1n) is 8.03. The zero-order chi connectivity index (χ0) is 19.3. The number of carboxylic acid groups (broad SMARTS) is 1. The molecule has 0 fully saturated rings. The molecule has 7 heteroatoms. The molecule has 1 aromatic rings. The van der Waals surface area contributed by atoms with E-state index in [-0.39, 0.29) is 27.5 Å². The summed E-state index contributed by atoms with van der Waals surface area (Å²) in [6, 6.07) is 6.72. The van der Waals surface area contributed by atoms with Crippen LogP contribution in [0, 0.1) is 5.92 Å². The number of aliphatic hydroxyl groups is 1. The van der Waals surface area contributed by atoms with E-state index < -0.39 is 12.1 Å². The number of fused-ring (bicyclic) bond motifs is 2. The number of halogens is 2. The van der Waals surface area contributed by atoms with Crippen LogP contribution < -0.4 is 0 Å². The summed E-state index contributed by atoms with van der Waals surface area (Å²) in [5.74, 6) is -1.26. The molecule has 0 bridgehead atoms. The van der Waals surface area contributed by atoms with Gasteiger partial charge in [0.05, 0.1) is 10.0 Å². The lowest BCUT2D eigenvalue weighted by molar-refractivity contribution is -0.111. The van der Waals surface area contributed by atoms with Gasteiger partial charge in [-0.25, -0.2) is 4.79 Å². The van der Waals surface area contributed by atoms with Crippen LogP contribution in [0.5, 0.6) is 0 Å². The number of aliphatic hydroxyl groups excluding tert-OH is 1. The molecule has 0 saturated heterocycles. The molecule has 2 N–H and O–H groups in total. The van der Waals surface area contributed by atoms with Crippen LogP contribution in [0.1, 0.15) is 15.9 Å². The van der Waals surface area contributed by atoms with Gasteiger partial charge in [-0.1, -0.05) is 24.3 Å². The second kappa shape index (κ2) is 6.65. The van der Waals surface area contributed by atoms with E-state index in [1.54, 1.807) is 42.5 Å². The van der Waals surface area contributed by atoms with Crippen LogP contribution in [-0.4, -0.2) is 28.1 Å². The maximum absolute atomic E-state index is 12.1. The van der Waals surface area contributed by atoms with Crippen LogP contribution in [0.2, 0.25) is 0 Å². The Morgan fingerprint density at radius 1 is 1.11 bits per heavy atom. The standard InChI is InChI=1S/C20H12Br2O5/c21-16-13(23)7-5-11-15(9-3-1-2-4-10(9)20(25)26)12-6-8-14(24)17(22)19(12)27-18(11)16/h1-8,11,18,23H,(H,25,26)/t11-,18-/m0/s1. The van der Waals surface area contributed by atoms with E-state index in [1.807, 2.05) is 0 Å². The van der Waals surface area contributed by atoms with Crippen LogP contribution in [0.3, 0.4) is 0 Å². The SMILES string of the molecule is O=C1C=CC2=C(c3ccccc3C(=O)O)[C@@H]3C=CC(O)=C(Br)[C@H]3OC2=C1Br. The normalized spacial score (nSPS) is 24.0. The number of carbonyl (C=O) groups excluding carboxylic acids is 1. The van der Waals surface area contributed by atoms with Gasteiger partial charge < -0.3 is 14.9 Å². The Kier molecular flexibility index (Phi) is 4.44. The summed E-state index contributed by atoms with van der Waals surface area (Å²) < 4.78 is 6.75. The summed E-state index contributed by atoms with van der Waals surface area (Å²) in [5.41, 5.74) is 2.06. The Bertz CT molecular complexity index is 1040. The van der Waals surface area contributed by atoms with Gasteiger partial charge in [0.1, 0.15) is 22.1 Å². The van der Waals surface area contributed by atoms with Crippen molar-refractivity contribution in [2.24, 2.45) is 5.92 Å². The number of aromatic carboxylic acids is 1. The predicted octanol–water partition coefficient (Wildman–Crippen LogP) is 4.63. The van der Waals surface area contributed by atoms with Gasteiger partial charge in [-0.15, -0.1) is 0 Å². The van der Waals surface area contributed by atoms with Crippen molar-refractivity contribution in [2.45, 2.75) is 6.10 Å². The zero-order valence-electron chi connectivity index (χ0n) is 13.6. The summed E-state index contributed by atoms with van der Waals surface area (Å²) in [7, 11) is 0. The number of ketones is 1. The number of allylic oxidation sites excluding steroid dienone is 4. The monoisotopic (exact) mass is 490 g/mol. The van der Waals surface area contributed by atoms with Crippen molar-refractivity contribution in [3.8, 4) is 0 Å². The molecule has 136 valence electrons. The highest BCUT2D eigenvalue weighted by molar-refractivity contribution is 9.12. The Labute approximate surface area is 171 Å². The number of hydrogen-bond donors (Lipinski definition) is 2. The molecule has 0 spiro atoms. The molecule has 27 heavy (non-hydrogen) atoms. The Hall–Kier alpha value is -2.38. The van der Waals surface area contributed by atoms with Gasteiger partial charge >= 0.3 is 5.97 Å². The highest BCUT2D eigenvalue weighted by Gasteiger charge is 2.41. The molecule has 2 atom stereocenters. The van der Waals surface area contributed by atoms with Crippen molar-refractivity contribution in [2.75, 3.05) is 0 Å². The van der Waals surface area contributed by atoms with Crippen molar-refractivity contribution in [1.82, 2.24) is 0 Å². The van der Waals surface area contributed by atoms with Gasteiger partial charge in [0, 0.05) is 11.5 Å². The number of ether oxygens (including phenoxy) is 1. The third-order valence-electron chi connectivity index (χ3n) is 4.66. The van der Waals surface area contributed by atoms with Crippen molar-refractivity contribution in [3.05, 3.63) is 85.8 Å². The van der Waals surface area contributed by atoms with E-state index in [1.165, 1.54) is 6.08 Å². The molecule has 1 aliphatic heterocycles. The second-order valence-electron chi connectivity index (χ2n) is 6.18. The van der Waals surface area contributed by atoms with E-state index in [2.05, 4.69) is 31.9 Å². The average molecular weight is 492 g/mol. The summed E-state index contributed by atoms with van der Waals surface area (Å²) in [6.07, 6.45) is 5.79. The van der Waals surface area contributed by atoms with Gasteiger partial charge in [0.25, 0.3) is 0 Å². The fraction of sp³-hybridized carbons (Fsp3) is 0.100. The number of hydrogen-bond acceptors (Lipinski definition) is 4. The summed E-state index contributed by atoms with van der Waals surface area (Å²) in [5, 5.41) is 19.7. The van der Waals surface area contributed by atoms with Crippen LogP contribution in [-0.2, 0) is 9.53 Å². The Morgan fingerprint density at radius 2 is 1.85 bits per heavy atom. The van der Waals surface area contributed by atoms with Crippen molar-refractivity contribution < 1.29 is 24.5 Å². The first-order valence-corrected chi connectivity index (χ1v) is 9.61. The molecule has 4 rings (SSSR count). The third kappa shape index (κ3) is 2.82. The lowest BCUT2D eigenvalue weighted by Gasteiger charge is -2.38. The van der Waals surface area contributed by atoms with Gasteiger partial charge in [-0.2, -0.15) is 0 Å². The summed E-state index contributed by atoms with van der Waals surface area (Å²) in [4.78, 5) is 23.9. The first-order chi connectivity index (χ1) is 12.9. The molecular formula is C20H12Br2O5. The first kappa shape index (κ1) is 18.0. The molecule has 1 aromatic carbocycles. The maximum Gasteiger partial charge on any atom is 0.336 e. The average Bonchev–Trinajstić information content (AvgIpc) is 2.66. The Balaban J connectivity index is 2.04.